The van der Waals surface area contributed by atoms with E-state index >= 15 is 0 Å². The molecule has 0 aliphatic carbocycles. The Labute approximate surface area is 137 Å². The number of carbonyl (C=O) groups is 1. The molecule has 2 rings (SSSR count). The Bertz CT molecular complexity index is 817. The second kappa shape index (κ2) is 7.23. The van der Waals surface area contributed by atoms with Gasteiger partial charge in [-0.3, -0.25) is 14.9 Å². The normalized spacial score (nSPS) is 10.6. The summed E-state index contributed by atoms with van der Waals surface area (Å²) in [5.41, 5.74) is 3.36. The number of nitro benzene ring substituents is 1. The first-order chi connectivity index (χ1) is 11.4. The summed E-state index contributed by atoms with van der Waals surface area (Å²) in [6, 6.07) is 8.75. The van der Waals surface area contributed by atoms with Crippen LogP contribution in [-0.4, -0.2) is 29.3 Å². The molecular formula is C16H15N3O5. The Morgan fingerprint density at radius 1 is 1.33 bits per heavy atom. The monoisotopic (exact) mass is 329 g/mol. The second-order valence-electron chi connectivity index (χ2n) is 4.89. The number of benzene rings is 2. The minimum Gasteiger partial charge on any atom is -0.504 e. The van der Waals surface area contributed by atoms with E-state index in [4.69, 9.17) is 4.74 Å². The van der Waals surface area contributed by atoms with Crippen LogP contribution in [-0.2, 0) is 0 Å². The lowest BCUT2D eigenvalue weighted by molar-refractivity contribution is -0.385. The number of rotatable bonds is 5. The van der Waals surface area contributed by atoms with Crippen LogP contribution < -0.4 is 10.2 Å². The van der Waals surface area contributed by atoms with Gasteiger partial charge in [-0.25, -0.2) is 5.43 Å². The number of phenolic OH excluding ortho intramolecular Hbond substituents is 1. The summed E-state index contributed by atoms with van der Waals surface area (Å²) < 4.78 is 4.97. The molecule has 0 bridgehead atoms. The van der Waals surface area contributed by atoms with Crippen molar-refractivity contribution >= 4 is 17.8 Å². The number of hydrogen-bond donors (Lipinski definition) is 2. The minimum absolute atomic E-state index is 0.00866. The van der Waals surface area contributed by atoms with Crippen LogP contribution in [0.2, 0.25) is 0 Å². The number of nitrogens with zero attached hydrogens (tertiary/aromatic N) is 2. The first-order valence-corrected chi connectivity index (χ1v) is 6.88. The zero-order chi connectivity index (χ0) is 17.7. The van der Waals surface area contributed by atoms with Gasteiger partial charge in [-0.05, 0) is 36.8 Å². The summed E-state index contributed by atoms with van der Waals surface area (Å²) >= 11 is 0. The maximum absolute atomic E-state index is 12.0. The average Bonchev–Trinajstić information content (AvgIpc) is 2.56. The molecular weight excluding hydrogens is 314 g/mol. The van der Waals surface area contributed by atoms with E-state index in [1.807, 2.05) is 0 Å². The van der Waals surface area contributed by atoms with E-state index in [-0.39, 0.29) is 22.7 Å². The van der Waals surface area contributed by atoms with Crippen LogP contribution in [0.3, 0.4) is 0 Å². The van der Waals surface area contributed by atoms with Crippen LogP contribution in [0.4, 0.5) is 5.69 Å². The van der Waals surface area contributed by atoms with Gasteiger partial charge in [-0.15, -0.1) is 0 Å². The Kier molecular flexibility index (Phi) is 5.10. The predicted molar refractivity (Wildman–Crippen MR) is 87.6 cm³/mol. The number of nitrogens with one attached hydrogen (secondary N) is 1. The van der Waals surface area contributed by atoms with Gasteiger partial charge in [0, 0.05) is 17.2 Å². The number of ether oxygens (including phenoxy) is 1. The van der Waals surface area contributed by atoms with Gasteiger partial charge >= 0.3 is 0 Å². The van der Waals surface area contributed by atoms with Crippen LogP contribution in [0.1, 0.15) is 21.5 Å². The molecule has 2 N–H and O–H groups in total. The van der Waals surface area contributed by atoms with Crippen LogP contribution in [0.25, 0.3) is 0 Å². The van der Waals surface area contributed by atoms with E-state index < -0.39 is 10.8 Å². The minimum atomic E-state index is -0.569. The fourth-order valence-corrected chi connectivity index (χ4v) is 1.95. The van der Waals surface area contributed by atoms with Gasteiger partial charge < -0.3 is 9.84 Å². The molecule has 0 aliphatic rings. The predicted octanol–water partition coefficient (Wildman–Crippen LogP) is 2.38. The van der Waals surface area contributed by atoms with Gasteiger partial charge in [0.1, 0.15) is 0 Å². The topological polar surface area (TPSA) is 114 Å². The van der Waals surface area contributed by atoms with Gasteiger partial charge in [0.25, 0.3) is 11.6 Å². The van der Waals surface area contributed by atoms with Crippen molar-refractivity contribution < 1.29 is 19.6 Å². The maximum Gasteiger partial charge on any atom is 0.273 e. The number of aromatic hydroxyl groups is 1. The van der Waals surface area contributed by atoms with Gasteiger partial charge in [0.2, 0.25) is 0 Å². The SMILES string of the molecule is COc1cc(/C=N\NC(=O)c2ccc(C)c([N+](=O)[O-])c2)ccc1O. The van der Waals surface area contributed by atoms with E-state index in [0.717, 1.165) is 0 Å². The third-order valence-electron chi connectivity index (χ3n) is 3.25. The maximum atomic E-state index is 12.0. The molecule has 0 heterocycles. The molecule has 24 heavy (non-hydrogen) atoms. The lowest BCUT2D eigenvalue weighted by Crippen LogP contribution is -2.17. The Hall–Kier alpha value is -3.42. The number of phenols is 1. The number of hydrazone groups is 1. The summed E-state index contributed by atoms with van der Waals surface area (Å²) in [7, 11) is 1.42. The lowest BCUT2D eigenvalue weighted by atomic mass is 10.1. The third-order valence-corrected chi connectivity index (χ3v) is 3.25. The van der Waals surface area contributed by atoms with E-state index in [9.17, 15) is 20.0 Å². The van der Waals surface area contributed by atoms with E-state index in [1.54, 1.807) is 19.1 Å². The van der Waals surface area contributed by atoms with Crippen LogP contribution in [0, 0.1) is 17.0 Å². The summed E-state index contributed by atoms with van der Waals surface area (Å²) in [6.45, 7) is 1.59. The first kappa shape index (κ1) is 16.9. The summed E-state index contributed by atoms with van der Waals surface area (Å²) in [6.07, 6.45) is 1.36. The van der Waals surface area contributed by atoms with Crippen molar-refractivity contribution in [2.45, 2.75) is 6.92 Å². The van der Waals surface area contributed by atoms with Crippen LogP contribution >= 0.6 is 0 Å². The molecule has 0 saturated carbocycles. The lowest BCUT2D eigenvalue weighted by Gasteiger charge is -2.04. The molecule has 2 aromatic rings. The van der Waals surface area contributed by atoms with Crippen molar-refractivity contribution in [3.05, 3.63) is 63.2 Å². The van der Waals surface area contributed by atoms with Crippen molar-refractivity contribution in [2.24, 2.45) is 5.10 Å². The molecule has 2 aromatic carbocycles. The highest BCUT2D eigenvalue weighted by Gasteiger charge is 2.14. The molecule has 0 spiro atoms. The molecule has 124 valence electrons. The molecule has 8 heteroatoms. The van der Waals surface area contributed by atoms with E-state index in [1.165, 1.54) is 37.6 Å². The van der Waals surface area contributed by atoms with Crippen molar-refractivity contribution in [1.82, 2.24) is 5.43 Å². The van der Waals surface area contributed by atoms with Gasteiger partial charge in [-0.1, -0.05) is 6.07 Å². The van der Waals surface area contributed by atoms with Crippen molar-refractivity contribution in [1.29, 1.82) is 0 Å². The molecule has 0 saturated heterocycles. The van der Waals surface area contributed by atoms with E-state index in [2.05, 4.69) is 10.5 Å². The van der Waals surface area contributed by atoms with Crippen molar-refractivity contribution in [3.8, 4) is 11.5 Å². The third kappa shape index (κ3) is 3.86. The van der Waals surface area contributed by atoms with Gasteiger partial charge in [0.15, 0.2) is 11.5 Å². The standard InChI is InChI=1S/C16H15N3O5/c1-10-3-5-12(8-13(10)19(22)23)16(21)18-17-9-11-4-6-14(20)15(7-11)24-2/h3-9,20H,1-2H3,(H,18,21)/b17-9-. The Morgan fingerprint density at radius 2 is 2.08 bits per heavy atom. The summed E-state index contributed by atoms with van der Waals surface area (Å²) in [4.78, 5) is 22.3. The van der Waals surface area contributed by atoms with E-state index in [0.29, 0.717) is 11.1 Å². The molecule has 8 nitrogen and oxygen atoms in total. The van der Waals surface area contributed by atoms with Gasteiger partial charge in [0.05, 0.1) is 18.2 Å². The molecule has 0 atom stereocenters. The number of methoxy groups -OCH3 is 1. The molecule has 0 fully saturated rings. The Morgan fingerprint density at radius 3 is 2.75 bits per heavy atom. The number of hydrogen-bond acceptors (Lipinski definition) is 6. The number of carbonyl (C=O) groups excluding carboxylic acids is 1. The van der Waals surface area contributed by atoms with Crippen LogP contribution in [0.5, 0.6) is 11.5 Å². The molecule has 0 unspecified atom stereocenters. The molecule has 1 amide bonds. The zero-order valence-corrected chi connectivity index (χ0v) is 13.0. The Balaban J connectivity index is 2.10. The largest absolute Gasteiger partial charge is 0.504 e. The highest BCUT2D eigenvalue weighted by molar-refractivity contribution is 5.95. The summed E-state index contributed by atoms with van der Waals surface area (Å²) in [5, 5.41) is 24.2. The van der Waals surface area contributed by atoms with Crippen molar-refractivity contribution in [3.63, 3.8) is 0 Å². The fraction of sp³-hybridized carbons (Fsp3) is 0.125. The highest BCUT2D eigenvalue weighted by Crippen LogP contribution is 2.25. The molecule has 0 aliphatic heterocycles. The van der Waals surface area contributed by atoms with Gasteiger partial charge in [-0.2, -0.15) is 5.10 Å². The number of amides is 1. The van der Waals surface area contributed by atoms with Crippen molar-refractivity contribution in [2.75, 3.05) is 7.11 Å². The molecule has 0 radical (unpaired) electrons. The average molecular weight is 329 g/mol. The summed E-state index contributed by atoms with van der Waals surface area (Å²) in [5.74, 6) is -0.301. The second-order valence-corrected chi connectivity index (χ2v) is 4.89. The highest BCUT2D eigenvalue weighted by atomic mass is 16.6. The fourth-order valence-electron chi connectivity index (χ4n) is 1.95. The molecule has 0 aromatic heterocycles. The first-order valence-electron chi connectivity index (χ1n) is 6.88. The number of aryl methyl sites for hydroxylation is 1. The van der Waals surface area contributed by atoms with Crippen LogP contribution in [0.15, 0.2) is 41.5 Å². The zero-order valence-electron chi connectivity index (χ0n) is 13.0. The number of nitro groups is 1. The quantitative estimate of drug-likeness (QED) is 0.496. The smallest absolute Gasteiger partial charge is 0.273 e.